The molecule has 3 atom stereocenters. The number of aliphatic hydroxyl groups is 1. The Morgan fingerprint density at radius 3 is 2.67 bits per heavy atom. The fraction of sp³-hybridized carbons (Fsp3) is 0.567. The van der Waals surface area contributed by atoms with E-state index in [2.05, 4.69) is 9.62 Å². The summed E-state index contributed by atoms with van der Waals surface area (Å²) < 4.78 is 33.9. The Bertz CT molecular complexity index is 1280. The number of hydrogen-bond donors (Lipinski definition) is 2. The van der Waals surface area contributed by atoms with E-state index < -0.39 is 15.9 Å². The molecule has 39 heavy (non-hydrogen) atoms. The molecule has 212 valence electrons. The summed E-state index contributed by atoms with van der Waals surface area (Å²) in [7, 11) is -3.74. The Labute approximate surface area is 236 Å². The lowest BCUT2D eigenvalue weighted by atomic mass is 9.65. The van der Waals surface area contributed by atoms with Crippen molar-refractivity contribution in [2.24, 2.45) is 17.8 Å². The zero-order chi connectivity index (χ0) is 27.4. The fourth-order valence-corrected chi connectivity index (χ4v) is 7.65. The Hall–Kier alpha value is -2.29. The van der Waals surface area contributed by atoms with Gasteiger partial charge in [0.25, 0.3) is 5.91 Å². The molecule has 2 aromatic rings. The number of halogens is 1. The second kappa shape index (κ2) is 12.5. The monoisotopic (exact) mass is 574 g/mol. The molecule has 0 spiro atoms. The highest BCUT2D eigenvalue weighted by Gasteiger charge is 2.38. The molecular weight excluding hydrogens is 536 g/mol. The molecule has 7 nitrogen and oxygen atoms in total. The van der Waals surface area contributed by atoms with Crippen molar-refractivity contribution >= 4 is 33.2 Å². The highest BCUT2D eigenvalue weighted by atomic mass is 35.5. The fourth-order valence-electron chi connectivity index (χ4n) is 6.37. The molecule has 1 saturated carbocycles. The van der Waals surface area contributed by atoms with Crippen molar-refractivity contribution in [1.82, 2.24) is 4.72 Å². The summed E-state index contributed by atoms with van der Waals surface area (Å²) in [5, 5.41) is 10.9. The van der Waals surface area contributed by atoms with Crippen molar-refractivity contribution in [3.8, 4) is 5.75 Å². The van der Waals surface area contributed by atoms with E-state index >= 15 is 0 Å². The SMILES string of the molecule is O=C1NS(=O)(=O)CCCCC[C@H](CO)[C@@H]2CC[C@H]2CN2CCCCc3cc(Cl)ccc3COc3ccc1cc32. The number of rotatable bonds is 1. The summed E-state index contributed by atoms with van der Waals surface area (Å²) in [5.41, 5.74) is 3.40. The van der Waals surface area contributed by atoms with Gasteiger partial charge in [0.2, 0.25) is 10.0 Å². The first kappa shape index (κ1) is 28.2. The number of aryl methyl sites for hydroxylation is 1. The first-order chi connectivity index (χ1) is 18.8. The topological polar surface area (TPSA) is 95.9 Å². The van der Waals surface area contributed by atoms with Crippen LogP contribution in [0.25, 0.3) is 0 Å². The number of benzene rings is 2. The lowest BCUT2D eigenvalue weighted by Crippen LogP contribution is -2.43. The lowest BCUT2D eigenvalue weighted by molar-refractivity contribution is 0.0581. The molecule has 2 bridgehead atoms. The number of sulfonamides is 1. The van der Waals surface area contributed by atoms with Crippen LogP contribution in [0.2, 0.25) is 5.02 Å². The van der Waals surface area contributed by atoms with Gasteiger partial charge in [0, 0.05) is 30.3 Å². The van der Waals surface area contributed by atoms with E-state index in [4.69, 9.17) is 16.3 Å². The number of aliphatic hydroxyl groups excluding tert-OH is 1. The van der Waals surface area contributed by atoms with Crippen molar-refractivity contribution in [3.05, 3.63) is 58.1 Å². The lowest BCUT2D eigenvalue weighted by Gasteiger charge is -2.44. The molecule has 2 aliphatic heterocycles. The number of fused-ring (bicyclic) bond motifs is 3. The number of carbonyl (C=O) groups excluding carboxylic acids is 1. The van der Waals surface area contributed by atoms with Crippen molar-refractivity contribution in [2.75, 3.05) is 30.3 Å². The van der Waals surface area contributed by atoms with Crippen LogP contribution in [0.4, 0.5) is 5.69 Å². The molecule has 3 aliphatic rings. The minimum Gasteiger partial charge on any atom is -0.487 e. The molecule has 2 aromatic carbocycles. The third kappa shape index (κ3) is 6.90. The minimum atomic E-state index is -3.74. The quantitative estimate of drug-likeness (QED) is 0.478. The van der Waals surface area contributed by atoms with Crippen LogP contribution in [-0.4, -0.2) is 44.9 Å². The molecular formula is C30H39ClN2O5S. The van der Waals surface area contributed by atoms with Crippen molar-refractivity contribution in [2.45, 2.75) is 64.4 Å². The summed E-state index contributed by atoms with van der Waals surface area (Å²) in [6.07, 6.45) is 8.12. The van der Waals surface area contributed by atoms with E-state index in [1.165, 1.54) is 5.56 Å². The predicted molar refractivity (Wildman–Crippen MR) is 154 cm³/mol. The van der Waals surface area contributed by atoms with Crippen LogP contribution in [0.15, 0.2) is 36.4 Å². The van der Waals surface area contributed by atoms with Gasteiger partial charge in [0.15, 0.2) is 0 Å². The smallest absolute Gasteiger partial charge is 0.264 e. The van der Waals surface area contributed by atoms with Crippen LogP contribution in [0.5, 0.6) is 5.75 Å². The third-order valence-corrected chi connectivity index (χ3v) is 10.3. The summed E-state index contributed by atoms with van der Waals surface area (Å²) in [5.74, 6) is 1.12. The Kier molecular flexibility index (Phi) is 9.04. The van der Waals surface area contributed by atoms with E-state index in [9.17, 15) is 18.3 Å². The predicted octanol–water partition coefficient (Wildman–Crippen LogP) is 5.33. The minimum absolute atomic E-state index is 0.0851. The summed E-state index contributed by atoms with van der Waals surface area (Å²) >= 11 is 6.29. The highest BCUT2D eigenvalue weighted by Crippen LogP contribution is 2.43. The van der Waals surface area contributed by atoms with Gasteiger partial charge in [-0.3, -0.25) is 4.79 Å². The van der Waals surface area contributed by atoms with Crippen molar-refractivity contribution in [1.29, 1.82) is 0 Å². The molecule has 1 amide bonds. The van der Waals surface area contributed by atoms with Crippen LogP contribution in [0.1, 0.15) is 72.9 Å². The summed E-state index contributed by atoms with van der Waals surface area (Å²) in [6, 6.07) is 11.1. The molecule has 1 fully saturated rings. The molecule has 5 rings (SSSR count). The number of carbonyl (C=O) groups is 1. The highest BCUT2D eigenvalue weighted by molar-refractivity contribution is 7.90. The average molecular weight is 575 g/mol. The average Bonchev–Trinajstić information content (AvgIpc) is 2.92. The van der Waals surface area contributed by atoms with Gasteiger partial charge in [-0.2, -0.15) is 0 Å². The van der Waals surface area contributed by atoms with Gasteiger partial charge in [0.1, 0.15) is 12.4 Å². The third-order valence-electron chi connectivity index (χ3n) is 8.74. The van der Waals surface area contributed by atoms with Crippen LogP contribution in [-0.2, 0) is 23.1 Å². The zero-order valence-corrected chi connectivity index (χ0v) is 24.0. The standard InChI is InChI=1S/C30H39ClN2O5S/c31-26-11-8-25-20-38-29-13-10-22-17-28(29)33(14-4-3-6-21(25)16-26)18-23-9-12-27(23)24(19-34)7-2-1-5-15-39(36,37)32-30(22)35/h8,10-11,13,16-17,23-24,27,34H,1-7,9,12,14-15,18-20H2,(H,32,35)/t23-,24+,27+/m0/s1. The largest absolute Gasteiger partial charge is 0.487 e. The van der Waals surface area contributed by atoms with E-state index in [0.29, 0.717) is 36.2 Å². The second-order valence-electron chi connectivity index (χ2n) is 11.3. The first-order valence-electron chi connectivity index (χ1n) is 14.3. The van der Waals surface area contributed by atoms with Crippen LogP contribution < -0.4 is 14.4 Å². The number of anilines is 1. The van der Waals surface area contributed by atoms with E-state index in [0.717, 1.165) is 80.7 Å². The van der Waals surface area contributed by atoms with Gasteiger partial charge >= 0.3 is 0 Å². The molecule has 0 radical (unpaired) electrons. The maximum atomic E-state index is 13.1. The number of amides is 1. The van der Waals surface area contributed by atoms with E-state index in [1.54, 1.807) is 18.2 Å². The van der Waals surface area contributed by atoms with Crippen LogP contribution in [0, 0.1) is 17.8 Å². The Morgan fingerprint density at radius 2 is 1.87 bits per heavy atom. The van der Waals surface area contributed by atoms with Gasteiger partial charge < -0.3 is 14.7 Å². The molecule has 0 aromatic heterocycles. The Balaban J connectivity index is 1.51. The van der Waals surface area contributed by atoms with Gasteiger partial charge in [-0.15, -0.1) is 0 Å². The van der Waals surface area contributed by atoms with Gasteiger partial charge in [-0.05, 0) is 104 Å². The zero-order valence-electron chi connectivity index (χ0n) is 22.4. The van der Waals surface area contributed by atoms with Crippen LogP contribution >= 0.6 is 11.6 Å². The van der Waals surface area contributed by atoms with Crippen molar-refractivity contribution < 1.29 is 23.1 Å². The summed E-state index contributed by atoms with van der Waals surface area (Å²) in [6.45, 7) is 2.16. The van der Waals surface area contributed by atoms with Gasteiger partial charge in [-0.1, -0.05) is 30.5 Å². The number of ether oxygens (including phenoxy) is 1. The van der Waals surface area contributed by atoms with Gasteiger partial charge in [0.05, 0.1) is 11.4 Å². The van der Waals surface area contributed by atoms with E-state index in [-0.39, 0.29) is 18.3 Å². The second-order valence-corrected chi connectivity index (χ2v) is 13.6. The molecule has 9 heteroatoms. The van der Waals surface area contributed by atoms with Crippen LogP contribution in [0.3, 0.4) is 0 Å². The van der Waals surface area contributed by atoms with Gasteiger partial charge in [-0.25, -0.2) is 13.1 Å². The molecule has 2 heterocycles. The van der Waals surface area contributed by atoms with E-state index in [1.807, 2.05) is 18.2 Å². The normalized spacial score (nSPS) is 26.1. The molecule has 1 aliphatic carbocycles. The Morgan fingerprint density at radius 1 is 1.00 bits per heavy atom. The molecule has 2 N–H and O–H groups in total. The maximum Gasteiger partial charge on any atom is 0.264 e. The molecule has 0 unspecified atom stereocenters. The maximum absolute atomic E-state index is 13.1. The molecule has 0 saturated heterocycles. The number of nitrogens with one attached hydrogen (secondary N) is 1. The van der Waals surface area contributed by atoms with Crippen molar-refractivity contribution in [3.63, 3.8) is 0 Å². The number of hydrogen-bond acceptors (Lipinski definition) is 6. The first-order valence-corrected chi connectivity index (χ1v) is 16.3. The summed E-state index contributed by atoms with van der Waals surface area (Å²) in [4.78, 5) is 15.4. The number of nitrogens with zero attached hydrogens (tertiary/aromatic N) is 1.